The lowest BCUT2D eigenvalue weighted by atomic mass is 10.0. The van der Waals surface area contributed by atoms with Crippen LogP contribution in [-0.2, 0) is 57.0 Å². The van der Waals surface area contributed by atoms with Gasteiger partial charge in [-0.25, -0.2) is 24.8 Å². The van der Waals surface area contributed by atoms with Gasteiger partial charge in [-0.2, -0.15) is 0 Å². The lowest BCUT2D eigenvalue weighted by Gasteiger charge is -2.21. The van der Waals surface area contributed by atoms with E-state index in [9.17, 15) is 14.4 Å². The zero-order valence-corrected chi connectivity index (χ0v) is 40.0. The highest BCUT2D eigenvalue weighted by atomic mass is 16.7. The number of rotatable bonds is 37. The molecule has 376 valence electrons. The highest BCUT2D eigenvalue weighted by Gasteiger charge is 2.22. The Hall–Kier alpha value is -4.68. The number of nitrogens with zero attached hydrogens (tertiary/aromatic N) is 4. The second kappa shape index (κ2) is 34.6. The number of aromatic nitrogens is 2. The largest absolute Gasteiger partial charge is 0.444 e. The minimum absolute atomic E-state index is 0.0313. The molecule has 1 aromatic heterocycles. The number of hydroxylamine groups is 2. The van der Waals surface area contributed by atoms with E-state index in [1.165, 1.54) is 5.06 Å². The standard InChI is InChI=1S/C46H73N7O14/c1-6-12-53(66-7-2)44(55)38-31-37-9-8-36(32-40(37)52-41(47)33-38)39-34-50-42(51-35-39)43(54)48-10-13-57-15-17-59-19-21-61-23-25-63-27-29-65-30-28-64-26-24-62-22-20-60-18-16-58-14-11-49-45(56)67-46(3,4)5/h8-9,31-32,34-35H,6-7,10-30,33H2,1-5H3,(H2,47,52)(H,48,54)(H,49,56). The molecule has 1 aliphatic rings. The summed E-state index contributed by atoms with van der Waals surface area (Å²) in [7, 11) is 0. The van der Waals surface area contributed by atoms with Crippen molar-refractivity contribution in [3.8, 4) is 11.1 Å². The van der Waals surface area contributed by atoms with Crippen LogP contribution < -0.4 is 16.4 Å². The molecule has 0 unspecified atom stereocenters. The molecule has 67 heavy (non-hydrogen) atoms. The van der Waals surface area contributed by atoms with Gasteiger partial charge in [-0.1, -0.05) is 19.1 Å². The lowest BCUT2D eigenvalue weighted by molar-refractivity contribution is -0.180. The number of hydrogen-bond donors (Lipinski definition) is 3. The van der Waals surface area contributed by atoms with Gasteiger partial charge in [0.05, 0.1) is 131 Å². The summed E-state index contributed by atoms with van der Waals surface area (Å²) in [5, 5.41) is 6.75. The third-order valence-corrected chi connectivity index (χ3v) is 8.82. The number of nitrogens with two attached hydrogens (primary N) is 1. The molecule has 0 bridgehead atoms. The second-order valence-electron chi connectivity index (χ2n) is 15.5. The van der Waals surface area contributed by atoms with Gasteiger partial charge in [0.1, 0.15) is 11.4 Å². The van der Waals surface area contributed by atoms with E-state index in [1.807, 2.05) is 52.8 Å². The van der Waals surface area contributed by atoms with Crippen molar-refractivity contribution >= 4 is 35.5 Å². The topological polar surface area (TPSA) is 244 Å². The first kappa shape index (κ1) is 56.6. The minimum Gasteiger partial charge on any atom is -0.444 e. The summed E-state index contributed by atoms with van der Waals surface area (Å²) < 4.78 is 54.6. The van der Waals surface area contributed by atoms with E-state index in [-0.39, 0.29) is 24.7 Å². The summed E-state index contributed by atoms with van der Waals surface area (Å²) in [4.78, 5) is 55.9. The van der Waals surface area contributed by atoms with Crippen molar-refractivity contribution in [3.05, 3.63) is 47.6 Å². The number of carbonyl (C=O) groups excluding carboxylic acids is 3. The van der Waals surface area contributed by atoms with E-state index in [0.29, 0.717) is 161 Å². The summed E-state index contributed by atoms with van der Waals surface area (Å²) >= 11 is 0. The zero-order chi connectivity index (χ0) is 48.4. The highest BCUT2D eigenvalue weighted by molar-refractivity contribution is 6.05. The van der Waals surface area contributed by atoms with E-state index in [0.717, 1.165) is 17.5 Å². The molecule has 0 spiro atoms. The first-order chi connectivity index (χ1) is 32.5. The van der Waals surface area contributed by atoms with Crippen molar-refractivity contribution in [2.45, 2.75) is 53.1 Å². The van der Waals surface area contributed by atoms with E-state index in [2.05, 4.69) is 25.6 Å². The molecule has 1 aromatic carbocycles. The fraction of sp³-hybridized carbons (Fsp3) is 0.652. The third-order valence-electron chi connectivity index (χ3n) is 8.82. The predicted octanol–water partition coefficient (Wildman–Crippen LogP) is 3.51. The molecule has 21 heteroatoms. The molecule has 0 saturated heterocycles. The van der Waals surface area contributed by atoms with Crippen LogP contribution in [0.3, 0.4) is 0 Å². The smallest absolute Gasteiger partial charge is 0.407 e. The molecule has 0 fully saturated rings. The molecule has 1 aliphatic heterocycles. The van der Waals surface area contributed by atoms with Gasteiger partial charge in [-0.05, 0) is 51.8 Å². The number of ether oxygens (including phenoxy) is 10. The van der Waals surface area contributed by atoms with Crippen LogP contribution in [0.4, 0.5) is 10.5 Å². The van der Waals surface area contributed by atoms with Crippen LogP contribution in [0.2, 0.25) is 0 Å². The fourth-order valence-corrected chi connectivity index (χ4v) is 5.76. The van der Waals surface area contributed by atoms with Crippen LogP contribution in [0.1, 0.15) is 63.6 Å². The summed E-state index contributed by atoms with van der Waals surface area (Å²) in [5.74, 6) is -0.308. The van der Waals surface area contributed by atoms with Gasteiger partial charge in [0, 0.05) is 55.1 Å². The van der Waals surface area contributed by atoms with Gasteiger partial charge in [0.25, 0.3) is 11.8 Å². The molecular formula is C46H73N7O14. The van der Waals surface area contributed by atoms with E-state index < -0.39 is 17.6 Å². The molecule has 0 radical (unpaired) electrons. The number of amidine groups is 1. The van der Waals surface area contributed by atoms with Crippen LogP contribution in [0.15, 0.2) is 41.2 Å². The van der Waals surface area contributed by atoms with Crippen molar-refractivity contribution in [2.75, 3.05) is 145 Å². The highest BCUT2D eigenvalue weighted by Crippen LogP contribution is 2.32. The summed E-state index contributed by atoms with van der Waals surface area (Å²) in [6, 6.07) is 5.59. The van der Waals surface area contributed by atoms with Gasteiger partial charge < -0.3 is 63.7 Å². The number of hydrogen-bond acceptors (Lipinski definition) is 18. The summed E-state index contributed by atoms with van der Waals surface area (Å²) in [5.41, 5.74) is 9.01. The first-order valence-corrected chi connectivity index (χ1v) is 22.9. The monoisotopic (exact) mass is 948 g/mol. The number of nitrogens with one attached hydrogen (secondary N) is 2. The molecule has 0 saturated carbocycles. The average Bonchev–Trinajstić information content (AvgIpc) is 3.47. The SMILES string of the molecule is CCCN(OCC)C(=O)C1=Cc2ccc(-c3cnc(C(=O)NCCOCCOCCOCCOCCOCCOCCOCCOCCOCCNC(=O)OC(C)(C)C)nc3)cc2N=C(N)C1. The first-order valence-electron chi connectivity index (χ1n) is 22.9. The van der Waals surface area contributed by atoms with Crippen LogP contribution in [-0.4, -0.2) is 190 Å². The zero-order valence-electron chi connectivity index (χ0n) is 40.0. The normalized spacial score (nSPS) is 12.5. The Kier molecular flexibility index (Phi) is 29.2. The molecule has 0 aliphatic carbocycles. The Balaban J connectivity index is 1.08. The number of amides is 3. The second-order valence-corrected chi connectivity index (χ2v) is 15.5. The lowest BCUT2D eigenvalue weighted by Crippen LogP contribution is -2.34. The quantitative estimate of drug-likeness (QED) is 0.0648. The predicted molar refractivity (Wildman–Crippen MR) is 249 cm³/mol. The van der Waals surface area contributed by atoms with Gasteiger partial charge in [-0.3, -0.25) is 14.4 Å². The maximum absolute atomic E-state index is 13.2. The van der Waals surface area contributed by atoms with Crippen molar-refractivity contribution in [1.29, 1.82) is 0 Å². The van der Waals surface area contributed by atoms with Crippen molar-refractivity contribution < 1.29 is 66.6 Å². The molecular weight excluding hydrogens is 875 g/mol. The van der Waals surface area contributed by atoms with Crippen LogP contribution in [0.25, 0.3) is 17.2 Å². The molecule has 2 aromatic rings. The van der Waals surface area contributed by atoms with Crippen LogP contribution in [0, 0.1) is 0 Å². The minimum atomic E-state index is -0.525. The molecule has 21 nitrogen and oxygen atoms in total. The Bertz CT molecular complexity index is 1760. The van der Waals surface area contributed by atoms with Crippen LogP contribution >= 0.6 is 0 Å². The number of fused-ring (bicyclic) bond motifs is 1. The molecule has 0 atom stereocenters. The maximum atomic E-state index is 13.2. The van der Waals surface area contributed by atoms with Crippen molar-refractivity contribution in [3.63, 3.8) is 0 Å². The van der Waals surface area contributed by atoms with Gasteiger partial charge >= 0.3 is 6.09 Å². The summed E-state index contributed by atoms with van der Waals surface area (Å²) in [6.45, 7) is 18.5. The third kappa shape index (κ3) is 25.9. The van der Waals surface area contributed by atoms with Crippen molar-refractivity contribution in [1.82, 2.24) is 25.7 Å². The number of alkyl carbamates (subject to hydrolysis) is 1. The number of aliphatic imine (C=N–C) groups is 1. The fourth-order valence-electron chi connectivity index (χ4n) is 5.76. The maximum Gasteiger partial charge on any atom is 0.407 e. The van der Waals surface area contributed by atoms with Gasteiger partial charge in [0.15, 0.2) is 0 Å². The van der Waals surface area contributed by atoms with E-state index in [4.69, 9.17) is 57.9 Å². The van der Waals surface area contributed by atoms with Crippen molar-refractivity contribution in [2.24, 2.45) is 10.7 Å². The number of carbonyl (C=O) groups is 3. The molecule has 2 heterocycles. The molecule has 3 amide bonds. The van der Waals surface area contributed by atoms with E-state index in [1.54, 1.807) is 18.5 Å². The number of benzene rings is 1. The van der Waals surface area contributed by atoms with Gasteiger partial charge in [0.2, 0.25) is 5.82 Å². The Labute approximate surface area is 394 Å². The summed E-state index contributed by atoms with van der Waals surface area (Å²) in [6.07, 6.45) is 5.43. The Morgan fingerprint density at radius 2 is 1.12 bits per heavy atom. The Morgan fingerprint density at radius 3 is 1.57 bits per heavy atom. The van der Waals surface area contributed by atoms with Gasteiger partial charge in [-0.15, -0.1) is 0 Å². The average molecular weight is 948 g/mol. The van der Waals surface area contributed by atoms with E-state index >= 15 is 0 Å². The molecule has 4 N–H and O–H groups in total. The molecule has 3 rings (SSSR count). The van der Waals surface area contributed by atoms with Crippen LogP contribution in [0.5, 0.6) is 0 Å². The Morgan fingerprint density at radius 1 is 0.657 bits per heavy atom.